The Labute approximate surface area is 101 Å². The number of hydrogen-bond acceptors (Lipinski definition) is 3. The van der Waals surface area contributed by atoms with Crippen molar-refractivity contribution in [2.75, 3.05) is 17.6 Å². The average molecular weight is 227 g/mol. The first-order valence-electron chi connectivity index (χ1n) is 5.61. The minimum atomic E-state index is 0.758. The van der Waals surface area contributed by atoms with Crippen LogP contribution in [0.5, 0.6) is 0 Å². The Morgan fingerprint density at radius 3 is 2.88 bits per heavy atom. The largest absolute Gasteiger partial charge is 0.398 e. The molecule has 1 aromatic heterocycles. The van der Waals surface area contributed by atoms with Crippen LogP contribution in [0.2, 0.25) is 0 Å². The fourth-order valence-electron chi connectivity index (χ4n) is 1.77. The summed E-state index contributed by atoms with van der Waals surface area (Å²) in [7, 11) is 0. The Bertz CT molecular complexity index is 573. The third kappa shape index (κ3) is 2.38. The molecule has 0 aliphatic heterocycles. The highest BCUT2D eigenvalue weighted by Crippen LogP contribution is 2.28. The maximum Gasteiger partial charge on any atom is 0.0425 e. The van der Waals surface area contributed by atoms with Crippen molar-refractivity contribution in [1.82, 2.24) is 4.98 Å². The zero-order chi connectivity index (χ0) is 12.4. The summed E-state index contributed by atoms with van der Waals surface area (Å²) in [6.45, 7) is 8.63. The Hall–Kier alpha value is -2.03. The lowest BCUT2D eigenvalue weighted by atomic mass is 10.1. The van der Waals surface area contributed by atoms with Crippen LogP contribution in [0.1, 0.15) is 12.6 Å². The highest BCUT2D eigenvalue weighted by atomic mass is 14.9. The zero-order valence-corrected chi connectivity index (χ0v) is 10.2. The number of nitrogen functional groups attached to an aromatic ring is 1. The van der Waals surface area contributed by atoms with Crippen molar-refractivity contribution in [3.05, 3.63) is 42.2 Å². The Morgan fingerprint density at radius 2 is 2.18 bits per heavy atom. The molecule has 17 heavy (non-hydrogen) atoms. The van der Waals surface area contributed by atoms with Crippen molar-refractivity contribution in [2.45, 2.75) is 13.8 Å². The molecule has 0 amide bonds. The number of hydrogen-bond donors (Lipinski definition) is 2. The topological polar surface area (TPSA) is 50.9 Å². The summed E-state index contributed by atoms with van der Waals surface area (Å²) < 4.78 is 0. The smallest absolute Gasteiger partial charge is 0.0425 e. The number of pyridine rings is 1. The monoisotopic (exact) mass is 227 g/mol. The van der Waals surface area contributed by atoms with Crippen LogP contribution in [0.4, 0.5) is 11.4 Å². The number of rotatable bonds is 3. The Kier molecular flexibility index (Phi) is 3.00. The normalized spacial score (nSPS) is 10.5. The van der Waals surface area contributed by atoms with Crippen molar-refractivity contribution in [2.24, 2.45) is 0 Å². The molecule has 0 fully saturated rings. The summed E-state index contributed by atoms with van der Waals surface area (Å²) >= 11 is 0. The number of aryl methyl sites for hydroxylation is 1. The SMILES string of the molecule is C=C(C)CNc1ccc(N)c2cnc(C)cc12. The van der Waals surface area contributed by atoms with E-state index in [2.05, 4.69) is 16.9 Å². The quantitative estimate of drug-likeness (QED) is 0.625. The third-order valence-corrected chi connectivity index (χ3v) is 2.65. The first kappa shape index (κ1) is 11.5. The predicted octanol–water partition coefficient (Wildman–Crippen LogP) is 3.11. The van der Waals surface area contributed by atoms with Crippen LogP contribution >= 0.6 is 0 Å². The summed E-state index contributed by atoms with van der Waals surface area (Å²) in [6.07, 6.45) is 1.83. The molecular formula is C14H17N3. The zero-order valence-electron chi connectivity index (χ0n) is 10.2. The molecule has 0 aliphatic rings. The van der Waals surface area contributed by atoms with Gasteiger partial charge in [0.2, 0.25) is 0 Å². The van der Waals surface area contributed by atoms with Gasteiger partial charge in [-0.3, -0.25) is 4.98 Å². The summed E-state index contributed by atoms with van der Waals surface area (Å²) in [6, 6.07) is 5.95. The van der Waals surface area contributed by atoms with Crippen LogP contribution in [0.15, 0.2) is 36.5 Å². The highest BCUT2D eigenvalue weighted by molar-refractivity contribution is 6.00. The minimum absolute atomic E-state index is 0.758. The van der Waals surface area contributed by atoms with E-state index in [0.717, 1.165) is 40.0 Å². The first-order chi connectivity index (χ1) is 8.08. The molecule has 0 saturated carbocycles. The fourth-order valence-corrected chi connectivity index (χ4v) is 1.77. The molecule has 1 aromatic carbocycles. The highest BCUT2D eigenvalue weighted by Gasteiger charge is 2.04. The van der Waals surface area contributed by atoms with E-state index in [0.29, 0.717) is 0 Å². The van der Waals surface area contributed by atoms with E-state index in [9.17, 15) is 0 Å². The molecule has 0 spiro atoms. The van der Waals surface area contributed by atoms with Crippen molar-refractivity contribution in [3.63, 3.8) is 0 Å². The second-order valence-electron chi connectivity index (χ2n) is 4.38. The predicted molar refractivity (Wildman–Crippen MR) is 74.2 cm³/mol. The van der Waals surface area contributed by atoms with Gasteiger partial charge >= 0.3 is 0 Å². The second-order valence-corrected chi connectivity index (χ2v) is 4.38. The van der Waals surface area contributed by atoms with E-state index in [1.165, 1.54) is 0 Å². The van der Waals surface area contributed by atoms with Crippen LogP contribution in [0.3, 0.4) is 0 Å². The van der Waals surface area contributed by atoms with Gasteiger partial charge in [0.25, 0.3) is 0 Å². The van der Waals surface area contributed by atoms with Crippen LogP contribution in [-0.4, -0.2) is 11.5 Å². The number of aromatic nitrogens is 1. The maximum absolute atomic E-state index is 5.95. The molecule has 0 saturated heterocycles. The standard InChI is InChI=1S/C14H17N3/c1-9(2)7-17-14-5-4-13(15)12-8-16-10(3)6-11(12)14/h4-6,8,17H,1,7,15H2,2-3H3. The van der Waals surface area contributed by atoms with E-state index in [1.807, 2.05) is 38.2 Å². The molecule has 1 heterocycles. The van der Waals surface area contributed by atoms with Gasteiger partial charge in [-0.25, -0.2) is 0 Å². The van der Waals surface area contributed by atoms with Gasteiger partial charge in [-0.2, -0.15) is 0 Å². The summed E-state index contributed by atoms with van der Waals surface area (Å²) in [5.74, 6) is 0. The van der Waals surface area contributed by atoms with Crippen molar-refractivity contribution < 1.29 is 0 Å². The Balaban J connectivity index is 2.52. The number of anilines is 2. The first-order valence-corrected chi connectivity index (χ1v) is 5.61. The number of fused-ring (bicyclic) bond motifs is 1. The van der Waals surface area contributed by atoms with Gasteiger partial charge in [-0.15, -0.1) is 0 Å². The molecule has 0 bridgehead atoms. The van der Waals surface area contributed by atoms with Crippen molar-refractivity contribution in [1.29, 1.82) is 0 Å². The van der Waals surface area contributed by atoms with Crippen molar-refractivity contribution >= 4 is 22.1 Å². The Morgan fingerprint density at radius 1 is 1.41 bits per heavy atom. The fraction of sp³-hybridized carbons (Fsp3) is 0.214. The maximum atomic E-state index is 5.95. The van der Waals surface area contributed by atoms with Gasteiger partial charge in [0.05, 0.1) is 0 Å². The number of nitrogens with one attached hydrogen (secondary N) is 1. The van der Waals surface area contributed by atoms with E-state index in [4.69, 9.17) is 5.73 Å². The van der Waals surface area contributed by atoms with Gasteiger partial charge < -0.3 is 11.1 Å². The lowest BCUT2D eigenvalue weighted by Crippen LogP contribution is -2.03. The molecule has 2 rings (SSSR count). The van der Waals surface area contributed by atoms with Gasteiger partial charge in [-0.1, -0.05) is 12.2 Å². The van der Waals surface area contributed by atoms with Gasteiger partial charge in [0, 0.05) is 40.6 Å². The minimum Gasteiger partial charge on any atom is -0.398 e. The summed E-state index contributed by atoms with van der Waals surface area (Å²) in [5, 5.41) is 5.46. The molecule has 3 nitrogen and oxygen atoms in total. The third-order valence-electron chi connectivity index (χ3n) is 2.65. The molecule has 2 aromatic rings. The summed E-state index contributed by atoms with van der Waals surface area (Å²) in [4.78, 5) is 4.28. The van der Waals surface area contributed by atoms with E-state index >= 15 is 0 Å². The van der Waals surface area contributed by atoms with Gasteiger partial charge in [0.1, 0.15) is 0 Å². The second kappa shape index (κ2) is 4.45. The van der Waals surface area contributed by atoms with Crippen molar-refractivity contribution in [3.8, 4) is 0 Å². The van der Waals surface area contributed by atoms with Crippen LogP contribution < -0.4 is 11.1 Å². The van der Waals surface area contributed by atoms with Crippen LogP contribution in [0, 0.1) is 6.92 Å². The van der Waals surface area contributed by atoms with E-state index in [1.54, 1.807) is 0 Å². The van der Waals surface area contributed by atoms with E-state index in [-0.39, 0.29) is 0 Å². The number of nitrogens with two attached hydrogens (primary N) is 1. The molecule has 3 N–H and O–H groups in total. The van der Waals surface area contributed by atoms with Gasteiger partial charge in [0.15, 0.2) is 0 Å². The number of nitrogens with zero attached hydrogens (tertiary/aromatic N) is 1. The molecule has 3 heteroatoms. The van der Waals surface area contributed by atoms with Gasteiger partial charge in [-0.05, 0) is 32.0 Å². The van der Waals surface area contributed by atoms with Crippen LogP contribution in [-0.2, 0) is 0 Å². The lowest BCUT2D eigenvalue weighted by molar-refractivity contribution is 1.21. The molecule has 0 atom stereocenters. The average Bonchev–Trinajstić information content (AvgIpc) is 2.28. The summed E-state index contributed by atoms with van der Waals surface area (Å²) in [5.41, 5.74) is 9.86. The molecular weight excluding hydrogens is 210 g/mol. The molecule has 88 valence electrons. The van der Waals surface area contributed by atoms with E-state index < -0.39 is 0 Å². The molecule has 0 unspecified atom stereocenters. The lowest BCUT2D eigenvalue weighted by Gasteiger charge is -2.11. The molecule has 0 radical (unpaired) electrons. The molecule has 0 aliphatic carbocycles. The number of benzene rings is 1. The van der Waals surface area contributed by atoms with Crippen LogP contribution in [0.25, 0.3) is 10.8 Å².